The summed E-state index contributed by atoms with van der Waals surface area (Å²) in [5.41, 5.74) is 5.80. The molecule has 6 heteroatoms. The summed E-state index contributed by atoms with van der Waals surface area (Å²) in [6.07, 6.45) is 3.78. The summed E-state index contributed by atoms with van der Waals surface area (Å²) < 4.78 is 6.89. The standard InChI is InChI=1S/C27H25N3O3/c1-33-22-13-11-21(12-14-22)30-25-8-3-2-7-23(25)29-24(27(30)32)15-16-26(31)28-20-10-9-18-5-4-6-19(18)17-20/h2-3,7-14,17H,4-6,15-16H2,1H3,(H,28,31). The van der Waals surface area contributed by atoms with Crippen LogP contribution in [0.1, 0.15) is 29.7 Å². The van der Waals surface area contributed by atoms with Gasteiger partial charge >= 0.3 is 0 Å². The smallest absolute Gasteiger partial charge is 0.277 e. The van der Waals surface area contributed by atoms with Crippen LogP contribution in [0.3, 0.4) is 0 Å². The maximum atomic E-state index is 13.4. The molecule has 1 aliphatic carbocycles. The van der Waals surface area contributed by atoms with Crippen molar-refractivity contribution in [3.63, 3.8) is 0 Å². The number of anilines is 1. The van der Waals surface area contributed by atoms with Crippen LogP contribution < -0.4 is 15.6 Å². The molecule has 1 amide bonds. The normalized spacial score (nSPS) is 12.5. The van der Waals surface area contributed by atoms with Crippen LogP contribution in [-0.4, -0.2) is 22.6 Å². The number of rotatable bonds is 6. The van der Waals surface area contributed by atoms with E-state index in [2.05, 4.69) is 22.4 Å². The van der Waals surface area contributed by atoms with E-state index in [1.54, 1.807) is 11.7 Å². The van der Waals surface area contributed by atoms with Gasteiger partial charge in [0.05, 0.1) is 18.1 Å². The SMILES string of the molecule is COc1ccc(-n2c(=O)c(CCC(=O)Nc3ccc4c(c3)CCC4)nc3ccccc32)cc1. The van der Waals surface area contributed by atoms with Gasteiger partial charge in [-0.05, 0) is 78.9 Å². The molecule has 4 aromatic rings. The van der Waals surface area contributed by atoms with Gasteiger partial charge in [0.1, 0.15) is 11.4 Å². The lowest BCUT2D eigenvalue weighted by Gasteiger charge is -2.13. The maximum Gasteiger partial charge on any atom is 0.277 e. The van der Waals surface area contributed by atoms with E-state index in [1.165, 1.54) is 17.5 Å². The van der Waals surface area contributed by atoms with Crippen molar-refractivity contribution in [2.75, 3.05) is 12.4 Å². The zero-order valence-corrected chi connectivity index (χ0v) is 18.5. The zero-order chi connectivity index (χ0) is 22.8. The van der Waals surface area contributed by atoms with Crippen LogP contribution in [0.2, 0.25) is 0 Å². The fraction of sp³-hybridized carbons (Fsp3) is 0.222. The van der Waals surface area contributed by atoms with E-state index in [9.17, 15) is 9.59 Å². The second kappa shape index (κ2) is 8.90. The molecule has 1 heterocycles. The monoisotopic (exact) mass is 439 g/mol. The molecule has 1 aromatic heterocycles. The predicted octanol–water partition coefficient (Wildman–Crippen LogP) is 4.45. The minimum Gasteiger partial charge on any atom is -0.497 e. The number of para-hydroxylation sites is 2. The summed E-state index contributed by atoms with van der Waals surface area (Å²) in [7, 11) is 1.61. The van der Waals surface area contributed by atoms with Gasteiger partial charge in [-0.25, -0.2) is 4.98 Å². The van der Waals surface area contributed by atoms with Crippen molar-refractivity contribution in [3.05, 3.63) is 93.9 Å². The van der Waals surface area contributed by atoms with Gasteiger partial charge in [-0.1, -0.05) is 18.2 Å². The predicted molar refractivity (Wildman–Crippen MR) is 129 cm³/mol. The van der Waals surface area contributed by atoms with Crippen LogP contribution in [0.25, 0.3) is 16.7 Å². The van der Waals surface area contributed by atoms with Gasteiger partial charge in [0, 0.05) is 24.2 Å². The van der Waals surface area contributed by atoms with Gasteiger partial charge in [0.15, 0.2) is 0 Å². The number of benzene rings is 3. The second-order valence-corrected chi connectivity index (χ2v) is 8.27. The molecule has 0 spiro atoms. The average Bonchev–Trinajstić information content (AvgIpc) is 3.31. The maximum absolute atomic E-state index is 13.4. The lowest BCUT2D eigenvalue weighted by molar-refractivity contribution is -0.116. The van der Waals surface area contributed by atoms with Gasteiger partial charge in [0.25, 0.3) is 5.56 Å². The third-order valence-corrected chi connectivity index (χ3v) is 6.13. The first-order valence-electron chi connectivity index (χ1n) is 11.2. The van der Waals surface area contributed by atoms with E-state index in [0.29, 0.717) is 17.0 Å². The highest BCUT2D eigenvalue weighted by Gasteiger charge is 2.15. The quantitative estimate of drug-likeness (QED) is 0.482. The molecule has 0 saturated heterocycles. The number of aryl methyl sites for hydroxylation is 3. The molecule has 1 aliphatic rings. The number of ether oxygens (including phenoxy) is 1. The number of nitrogens with zero attached hydrogens (tertiary/aromatic N) is 2. The molecule has 1 N–H and O–H groups in total. The Morgan fingerprint density at radius 3 is 2.64 bits per heavy atom. The van der Waals surface area contributed by atoms with E-state index in [0.717, 1.165) is 29.7 Å². The van der Waals surface area contributed by atoms with Crippen LogP contribution in [-0.2, 0) is 24.1 Å². The number of amides is 1. The molecule has 5 rings (SSSR count). The Hall–Kier alpha value is -3.93. The third-order valence-electron chi connectivity index (χ3n) is 6.13. The fourth-order valence-corrected chi connectivity index (χ4v) is 4.43. The summed E-state index contributed by atoms with van der Waals surface area (Å²) in [5, 5.41) is 2.97. The molecule has 0 bridgehead atoms. The van der Waals surface area contributed by atoms with Crippen molar-refractivity contribution in [1.29, 1.82) is 0 Å². The number of methoxy groups -OCH3 is 1. The lowest BCUT2D eigenvalue weighted by atomic mass is 10.1. The highest BCUT2D eigenvalue weighted by molar-refractivity contribution is 5.91. The van der Waals surface area contributed by atoms with E-state index in [4.69, 9.17) is 4.74 Å². The largest absolute Gasteiger partial charge is 0.497 e. The van der Waals surface area contributed by atoms with E-state index >= 15 is 0 Å². The number of nitrogens with one attached hydrogen (secondary N) is 1. The van der Waals surface area contributed by atoms with Crippen molar-refractivity contribution < 1.29 is 9.53 Å². The van der Waals surface area contributed by atoms with Crippen molar-refractivity contribution >= 4 is 22.6 Å². The topological polar surface area (TPSA) is 73.2 Å². The van der Waals surface area contributed by atoms with Crippen molar-refractivity contribution in [2.24, 2.45) is 0 Å². The Bertz CT molecular complexity index is 1390. The van der Waals surface area contributed by atoms with Crippen LogP contribution in [0.15, 0.2) is 71.5 Å². The Morgan fingerprint density at radius 1 is 1.03 bits per heavy atom. The molecule has 0 unspecified atom stereocenters. The Balaban J connectivity index is 1.40. The minimum absolute atomic E-state index is 0.127. The van der Waals surface area contributed by atoms with Crippen molar-refractivity contribution in [1.82, 2.24) is 9.55 Å². The number of aromatic nitrogens is 2. The highest BCUT2D eigenvalue weighted by Crippen LogP contribution is 2.25. The number of carbonyl (C=O) groups excluding carboxylic acids is 1. The van der Waals surface area contributed by atoms with Gasteiger partial charge < -0.3 is 10.1 Å². The van der Waals surface area contributed by atoms with Gasteiger partial charge in [-0.3, -0.25) is 14.2 Å². The molecular formula is C27H25N3O3. The average molecular weight is 440 g/mol. The van der Waals surface area contributed by atoms with Crippen LogP contribution in [0.5, 0.6) is 5.75 Å². The van der Waals surface area contributed by atoms with Crippen molar-refractivity contribution in [3.8, 4) is 11.4 Å². The first kappa shape index (κ1) is 20.9. The first-order chi connectivity index (χ1) is 16.1. The number of carbonyl (C=O) groups is 1. The molecule has 33 heavy (non-hydrogen) atoms. The molecule has 0 saturated carbocycles. The Kier molecular flexibility index (Phi) is 5.65. The zero-order valence-electron chi connectivity index (χ0n) is 18.5. The summed E-state index contributed by atoms with van der Waals surface area (Å²) in [6.45, 7) is 0. The second-order valence-electron chi connectivity index (χ2n) is 8.27. The molecule has 0 atom stereocenters. The summed E-state index contributed by atoms with van der Waals surface area (Å²) in [4.78, 5) is 30.6. The molecule has 0 fully saturated rings. The van der Waals surface area contributed by atoms with Gasteiger partial charge in [0.2, 0.25) is 5.91 Å². The third kappa shape index (κ3) is 4.24. The van der Waals surface area contributed by atoms with Crippen LogP contribution in [0, 0.1) is 0 Å². The first-order valence-corrected chi connectivity index (χ1v) is 11.2. The van der Waals surface area contributed by atoms with Crippen LogP contribution in [0.4, 0.5) is 5.69 Å². The van der Waals surface area contributed by atoms with E-state index in [-0.39, 0.29) is 24.3 Å². The van der Waals surface area contributed by atoms with E-state index in [1.807, 2.05) is 54.6 Å². The van der Waals surface area contributed by atoms with Gasteiger partial charge in [-0.2, -0.15) is 0 Å². The molecular weight excluding hydrogens is 414 g/mol. The molecule has 6 nitrogen and oxygen atoms in total. The summed E-state index contributed by atoms with van der Waals surface area (Å²) >= 11 is 0. The molecule has 0 radical (unpaired) electrons. The Morgan fingerprint density at radius 2 is 1.82 bits per heavy atom. The van der Waals surface area contributed by atoms with Crippen LogP contribution >= 0.6 is 0 Å². The number of hydrogen-bond donors (Lipinski definition) is 1. The molecule has 0 aliphatic heterocycles. The molecule has 166 valence electrons. The number of fused-ring (bicyclic) bond motifs is 2. The Labute approximate surface area is 191 Å². The lowest BCUT2D eigenvalue weighted by Crippen LogP contribution is -2.25. The number of hydrogen-bond acceptors (Lipinski definition) is 4. The summed E-state index contributed by atoms with van der Waals surface area (Å²) in [5.74, 6) is 0.590. The van der Waals surface area contributed by atoms with E-state index < -0.39 is 0 Å². The van der Waals surface area contributed by atoms with Crippen molar-refractivity contribution in [2.45, 2.75) is 32.1 Å². The minimum atomic E-state index is -0.218. The summed E-state index contributed by atoms with van der Waals surface area (Å²) in [6, 6.07) is 21.0. The highest BCUT2D eigenvalue weighted by atomic mass is 16.5. The van der Waals surface area contributed by atoms with Gasteiger partial charge in [-0.15, -0.1) is 0 Å². The molecule has 3 aromatic carbocycles. The fourth-order valence-electron chi connectivity index (χ4n) is 4.43.